The lowest BCUT2D eigenvalue weighted by atomic mass is 9.85. The molecule has 2 bridgehead atoms. The van der Waals surface area contributed by atoms with Crippen LogP contribution in [-0.2, 0) is 16.4 Å². The predicted octanol–water partition coefficient (Wildman–Crippen LogP) is 2.64. The van der Waals surface area contributed by atoms with E-state index in [2.05, 4.69) is 0 Å². The number of hydrogen-bond acceptors (Lipinski definition) is 2. The molecule has 0 radical (unpaired) electrons. The molecule has 2 unspecified atom stereocenters. The summed E-state index contributed by atoms with van der Waals surface area (Å²) >= 11 is 0. The van der Waals surface area contributed by atoms with Crippen LogP contribution in [0.15, 0.2) is 0 Å². The molecule has 1 N–H and O–H groups in total. The number of rotatable bonds is 1. The van der Waals surface area contributed by atoms with Crippen LogP contribution in [0.1, 0.15) is 31.2 Å². The Morgan fingerprint density at radius 1 is 0.857 bits per heavy atom. The average molecular weight is 326 g/mol. The quantitative estimate of drug-likeness (QED) is 0.489. The Hall–Kier alpha value is -1.02. The van der Waals surface area contributed by atoms with Crippen molar-refractivity contribution in [2.75, 3.05) is 0 Å². The topological polar surface area (TPSA) is 37.3 Å². The highest BCUT2D eigenvalue weighted by Crippen LogP contribution is 2.47. The molecule has 0 saturated carbocycles. The first-order chi connectivity index (χ1) is 9.76. The van der Waals surface area contributed by atoms with Gasteiger partial charge in [-0.1, -0.05) is 0 Å². The van der Waals surface area contributed by atoms with Crippen LogP contribution >= 0.6 is 0 Å². The Bertz CT molecular complexity index is 603. The Kier molecular flexibility index (Phi) is 3.36. The second-order valence-electron chi connectivity index (χ2n) is 5.53. The van der Waals surface area contributed by atoms with E-state index in [1.807, 2.05) is 0 Å². The Morgan fingerprint density at radius 3 is 1.67 bits per heavy atom. The third-order valence-corrected chi connectivity index (χ3v) is 6.39. The van der Waals surface area contributed by atoms with Crippen LogP contribution in [0.25, 0.3) is 0 Å². The zero-order valence-corrected chi connectivity index (χ0v) is 11.5. The van der Waals surface area contributed by atoms with Gasteiger partial charge in [0.1, 0.15) is 0 Å². The number of aliphatic hydroxyl groups is 1. The second-order valence-corrected chi connectivity index (χ2v) is 7.53. The molecule has 1 aromatic carbocycles. The van der Waals surface area contributed by atoms with Crippen molar-refractivity contribution in [2.24, 2.45) is 0 Å². The average Bonchev–Trinajstić information content (AvgIpc) is 2.65. The van der Waals surface area contributed by atoms with Crippen LogP contribution in [0, 0.1) is 29.1 Å². The maximum Gasteiger partial charge on any atom is 0.200 e. The van der Waals surface area contributed by atoms with E-state index in [4.69, 9.17) is 0 Å². The van der Waals surface area contributed by atoms with Crippen LogP contribution in [0.2, 0.25) is 0 Å². The minimum Gasteiger partial charge on any atom is -0.385 e. The van der Waals surface area contributed by atoms with Crippen molar-refractivity contribution in [3.8, 4) is 0 Å². The SMILES string of the molecule is O=S1C2CCC1CC(O)(c1c(F)c(F)c(F)c(F)c1F)C2. The van der Waals surface area contributed by atoms with E-state index >= 15 is 0 Å². The number of halogens is 5. The van der Waals surface area contributed by atoms with Crippen molar-refractivity contribution in [3.63, 3.8) is 0 Å². The maximum absolute atomic E-state index is 13.8. The minimum atomic E-state index is -2.25. The van der Waals surface area contributed by atoms with E-state index in [0.717, 1.165) is 0 Å². The van der Waals surface area contributed by atoms with Gasteiger partial charge in [0.05, 0.1) is 11.2 Å². The highest BCUT2D eigenvalue weighted by atomic mass is 32.2. The van der Waals surface area contributed by atoms with Gasteiger partial charge in [0.15, 0.2) is 23.3 Å². The maximum atomic E-state index is 13.8. The molecule has 0 aromatic heterocycles. The van der Waals surface area contributed by atoms with E-state index in [9.17, 15) is 31.3 Å². The Balaban J connectivity index is 2.15. The summed E-state index contributed by atoms with van der Waals surface area (Å²) in [4.78, 5) is 0. The molecule has 0 aliphatic carbocycles. The minimum absolute atomic E-state index is 0.269. The summed E-state index contributed by atoms with van der Waals surface area (Å²) in [7, 11) is -1.23. The van der Waals surface area contributed by atoms with Gasteiger partial charge in [0.25, 0.3) is 0 Å². The van der Waals surface area contributed by atoms with Crippen LogP contribution in [-0.4, -0.2) is 19.8 Å². The first-order valence-electron chi connectivity index (χ1n) is 6.40. The molecule has 1 aromatic rings. The molecule has 3 rings (SSSR count). The fraction of sp³-hybridized carbons (Fsp3) is 0.538. The van der Waals surface area contributed by atoms with Gasteiger partial charge >= 0.3 is 0 Å². The molecule has 2 aliphatic heterocycles. The van der Waals surface area contributed by atoms with Gasteiger partial charge in [-0.25, -0.2) is 22.0 Å². The van der Waals surface area contributed by atoms with Crippen LogP contribution < -0.4 is 0 Å². The van der Waals surface area contributed by atoms with Crippen LogP contribution in [0.5, 0.6) is 0 Å². The summed E-state index contributed by atoms with van der Waals surface area (Å²) in [6.07, 6.45) is 0.479. The van der Waals surface area contributed by atoms with Gasteiger partial charge in [0.2, 0.25) is 5.82 Å². The largest absolute Gasteiger partial charge is 0.385 e. The molecule has 2 atom stereocenters. The van der Waals surface area contributed by atoms with Gasteiger partial charge < -0.3 is 5.11 Å². The van der Waals surface area contributed by atoms with Gasteiger partial charge in [-0.15, -0.1) is 0 Å². The smallest absolute Gasteiger partial charge is 0.200 e. The van der Waals surface area contributed by atoms with E-state index in [1.54, 1.807) is 0 Å². The summed E-state index contributed by atoms with van der Waals surface area (Å²) in [6, 6.07) is 0. The second kappa shape index (κ2) is 4.74. The van der Waals surface area contributed by atoms with E-state index in [-0.39, 0.29) is 12.8 Å². The van der Waals surface area contributed by atoms with Gasteiger partial charge in [0, 0.05) is 21.3 Å². The number of benzene rings is 1. The third-order valence-electron chi connectivity index (χ3n) is 4.27. The van der Waals surface area contributed by atoms with Crippen molar-refractivity contribution in [2.45, 2.75) is 41.8 Å². The third kappa shape index (κ3) is 2.03. The molecule has 2 heterocycles. The molecule has 8 heteroatoms. The zero-order valence-electron chi connectivity index (χ0n) is 10.6. The van der Waals surface area contributed by atoms with Crippen molar-refractivity contribution >= 4 is 10.8 Å². The predicted molar refractivity (Wildman–Crippen MR) is 64.3 cm³/mol. The summed E-state index contributed by atoms with van der Waals surface area (Å²) in [6.45, 7) is 0. The lowest BCUT2D eigenvalue weighted by Crippen LogP contribution is -2.42. The van der Waals surface area contributed by atoms with E-state index in [1.165, 1.54) is 0 Å². The van der Waals surface area contributed by atoms with Crippen LogP contribution in [0.4, 0.5) is 22.0 Å². The van der Waals surface area contributed by atoms with Gasteiger partial charge in [-0.2, -0.15) is 0 Å². The van der Waals surface area contributed by atoms with Gasteiger partial charge in [-0.3, -0.25) is 4.21 Å². The van der Waals surface area contributed by atoms with Crippen molar-refractivity contribution < 1.29 is 31.3 Å². The molecule has 116 valence electrons. The normalized spacial score (nSPS) is 35.2. The van der Waals surface area contributed by atoms with Crippen LogP contribution in [0.3, 0.4) is 0 Å². The highest BCUT2D eigenvalue weighted by Gasteiger charge is 2.51. The first kappa shape index (κ1) is 14.9. The van der Waals surface area contributed by atoms with E-state index in [0.29, 0.717) is 12.8 Å². The lowest BCUT2D eigenvalue weighted by molar-refractivity contribution is 0.00967. The number of hydrogen-bond donors (Lipinski definition) is 1. The zero-order chi connectivity index (χ0) is 15.5. The van der Waals surface area contributed by atoms with Gasteiger partial charge in [-0.05, 0) is 25.7 Å². The summed E-state index contributed by atoms with van der Waals surface area (Å²) in [5.41, 5.74) is -3.38. The lowest BCUT2D eigenvalue weighted by Gasteiger charge is -2.36. The summed E-state index contributed by atoms with van der Waals surface area (Å²) < 4.78 is 79.2. The summed E-state index contributed by atoms with van der Waals surface area (Å²) in [5.74, 6) is -10.4. The summed E-state index contributed by atoms with van der Waals surface area (Å²) in [5, 5.41) is 9.51. The molecular weight excluding hydrogens is 315 g/mol. The fourth-order valence-electron chi connectivity index (χ4n) is 3.30. The number of fused-ring (bicyclic) bond motifs is 2. The molecule has 21 heavy (non-hydrogen) atoms. The molecule has 2 nitrogen and oxygen atoms in total. The highest BCUT2D eigenvalue weighted by molar-refractivity contribution is 7.86. The Morgan fingerprint density at radius 2 is 1.24 bits per heavy atom. The first-order valence-corrected chi connectivity index (χ1v) is 7.67. The molecular formula is C13H11F5O2S. The molecule has 0 spiro atoms. The molecule has 2 fully saturated rings. The van der Waals surface area contributed by atoms with Crippen molar-refractivity contribution in [3.05, 3.63) is 34.6 Å². The molecule has 2 aliphatic rings. The molecule has 0 amide bonds. The molecule has 2 saturated heterocycles. The van der Waals surface area contributed by atoms with E-state index < -0.39 is 61.6 Å². The fourth-order valence-corrected chi connectivity index (χ4v) is 5.46. The standard InChI is InChI=1S/C13H11F5O2S/c14-8-7(9(15)11(17)12(18)10(8)16)13(19)3-5-1-2-6(4-13)21(5)20/h5-6,19H,1-4H2. The monoisotopic (exact) mass is 326 g/mol. The Labute approximate surface area is 119 Å². The van der Waals surface area contributed by atoms with Crippen molar-refractivity contribution in [1.29, 1.82) is 0 Å². The van der Waals surface area contributed by atoms with Crippen molar-refractivity contribution in [1.82, 2.24) is 0 Å².